The molecule has 0 aliphatic rings. The highest BCUT2D eigenvalue weighted by Gasteiger charge is 2.17. The molecule has 8 heteroatoms. The van der Waals surface area contributed by atoms with Crippen molar-refractivity contribution in [3.8, 4) is 0 Å². The largest absolute Gasteiger partial charge is 0.337 e. The van der Waals surface area contributed by atoms with Gasteiger partial charge in [-0.05, 0) is 49.2 Å². The molecule has 0 bridgehead atoms. The van der Waals surface area contributed by atoms with E-state index in [-0.39, 0.29) is 11.7 Å². The van der Waals surface area contributed by atoms with Crippen LogP contribution in [0.2, 0.25) is 0 Å². The molecule has 6 nitrogen and oxygen atoms in total. The number of benzene rings is 2. The second-order valence-corrected chi connectivity index (χ2v) is 8.32. The van der Waals surface area contributed by atoms with Crippen LogP contribution in [0.15, 0.2) is 59.8 Å². The lowest BCUT2D eigenvalue weighted by Gasteiger charge is -2.19. The molecule has 0 spiro atoms. The van der Waals surface area contributed by atoms with Crippen molar-refractivity contribution in [2.45, 2.75) is 31.3 Å². The maximum Gasteiger partial charge on any atom is 0.254 e. The van der Waals surface area contributed by atoms with Crippen LogP contribution in [-0.4, -0.2) is 37.4 Å². The van der Waals surface area contributed by atoms with E-state index in [2.05, 4.69) is 15.1 Å². The molecule has 2 heterocycles. The summed E-state index contributed by atoms with van der Waals surface area (Å²) in [6.07, 6.45) is 0. The van der Waals surface area contributed by atoms with E-state index in [0.29, 0.717) is 28.8 Å². The molecule has 4 rings (SSSR count). The van der Waals surface area contributed by atoms with Crippen LogP contribution in [0.5, 0.6) is 0 Å². The molecule has 2 aromatic carbocycles. The summed E-state index contributed by atoms with van der Waals surface area (Å²) in [6, 6.07) is 15.7. The normalized spacial score (nSPS) is 11.1. The minimum absolute atomic E-state index is 0.0865. The Balaban J connectivity index is 1.49. The summed E-state index contributed by atoms with van der Waals surface area (Å²) in [5.74, 6) is 0.752. The second kappa shape index (κ2) is 8.85. The molecular weight excluding hydrogens is 413 g/mol. The van der Waals surface area contributed by atoms with Crippen molar-refractivity contribution in [1.29, 1.82) is 0 Å². The van der Waals surface area contributed by atoms with Crippen molar-refractivity contribution in [1.82, 2.24) is 24.5 Å². The lowest BCUT2D eigenvalue weighted by atomic mass is 10.1. The monoisotopic (exact) mass is 435 g/mol. The number of rotatable bonds is 6. The van der Waals surface area contributed by atoms with Crippen molar-refractivity contribution in [3.05, 3.63) is 88.5 Å². The number of aryl methyl sites for hydroxylation is 2. The zero-order valence-corrected chi connectivity index (χ0v) is 18.4. The first-order valence-electron chi connectivity index (χ1n) is 9.82. The molecule has 31 heavy (non-hydrogen) atoms. The third kappa shape index (κ3) is 4.74. The van der Waals surface area contributed by atoms with E-state index in [0.717, 1.165) is 22.5 Å². The van der Waals surface area contributed by atoms with Gasteiger partial charge in [-0.25, -0.2) is 13.9 Å². The van der Waals surface area contributed by atoms with E-state index in [4.69, 9.17) is 0 Å². The Kier molecular flexibility index (Phi) is 5.99. The average Bonchev–Trinajstić information content (AvgIpc) is 3.17. The summed E-state index contributed by atoms with van der Waals surface area (Å²) in [6.45, 7) is 4.30. The molecule has 4 aromatic rings. The number of hydrogen-bond acceptors (Lipinski definition) is 5. The predicted molar refractivity (Wildman–Crippen MR) is 118 cm³/mol. The SMILES string of the molecule is Cc1cc(C)n2nc(SCc3ccccc3C(=O)N(C)Cc3ccc(F)cc3)nc2n1. The number of thioether (sulfide) groups is 1. The zero-order chi connectivity index (χ0) is 22.0. The highest BCUT2D eigenvalue weighted by molar-refractivity contribution is 7.98. The first kappa shape index (κ1) is 21.0. The number of aromatic nitrogens is 4. The van der Waals surface area contributed by atoms with Gasteiger partial charge in [-0.1, -0.05) is 42.1 Å². The van der Waals surface area contributed by atoms with Gasteiger partial charge in [0.1, 0.15) is 5.82 Å². The van der Waals surface area contributed by atoms with Gasteiger partial charge in [0.2, 0.25) is 5.16 Å². The number of hydrogen-bond donors (Lipinski definition) is 0. The Bertz CT molecular complexity index is 1240. The van der Waals surface area contributed by atoms with Gasteiger partial charge in [0.25, 0.3) is 11.7 Å². The molecule has 2 aromatic heterocycles. The molecule has 1 amide bonds. The Morgan fingerprint density at radius 2 is 1.84 bits per heavy atom. The molecule has 158 valence electrons. The van der Waals surface area contributed by atoms with Crippen molar-refractivity contribution in [3.63, 3.8) is 0 Å². The smallest absolute Gasteiger partial charge is 0.254 e. The van der Waals surface area contributed by atoms with Gasteiger partial charge in [0.05, 0.1) is 0 Å². The molecule has 0 fully saturated rings. The maximum atomic E-state index is 13.1. The molecule has 0 radical (unpaired) electrons. The topological polar surface area (TPSA) is 63.4 Å². The highest BCUT2D eigenvalue weighted by atomic mass is 32.2. The van der Waals surface area contributed by atoms with Crippen molar-refractivity contribution in [2.24, 2.45) is 0 Å². The first-order chi connectivity index (χ1) is 14.9. The van der Waals surface area contributed by atoms with Crippen LogP contribution < -0.4 is 0 Å². The lowest BCUT2D eigenvalue weighted by molar-refractivity contribution is 0.0784. The van der Waals surface area contributed by atoms with Gasteiger partial charge in [0.15, 0.2) is 0 Å². The fourth-order valence-corrected chi connectivity index (χ4v) is 4.17. The number of halogens is 1. The quantitative estimate of drug-likeness (QED) is 0.419. The zero-order valence-electron chi connectivity index (χ0n) is 17.5. The molecule has 0 aliphatic carbocycles. The van der Waals surface area contributed by atoms with E-state index in [9.17, 15) is 9.18 Å². The Labute approximate surface area is 184 Å². The molecular formula is C23H22FN5OS. The number of fused-ring (bicyclic) bond motifs is 1. The standard InChI is InChI=1S/C23H22FN5OS/c1-15-12-16(2)29-22(25-15)26-23(27-29)31-14-18-6-4-5-7-20(18)21(30)28(3)13-17-8-10-19(24)11-9-17/h4-12H,13-14H2,1-3H3. The van der Waals surface area contributed by atoms with Gasteiger partial charge >= 0.3 is 0 Å². The fraction of sp³-hybridized carbons (Fsp3) is 0.217. The molecule has 0 atom stereocenters. The highest BCUT2D eigenvalue weighted by Crippen LogP contribution is 2.24. The van der Waals surface area contributed by atoms with E-state index in [1.807, 2.05) is 44.2 Å². The molecule has 0 aliphatic heterocycles. The Morgan fingerprint density at radius 3 is 2.61 bits per heavy atom. The third-order valence-electron chi connectivity index (χ3n) is 4.88. The fourth-order valence-electron chi connectivity index (χ4n) is 3.35. The van der Waals surface area contributed by atoms with E-state index in [1.165, 1.54) is 23.9 Å². The van der Waals surface area contributed by atoms with E-state index in [1.54, 1.807) is 28.6 Å². The summed E-state index contributed by atoms with van der Waals surface area (Å²) in [5, 5.41) is 5.14. The Morgan fingerprint density at radius 1 is 1.10 bits per heavy atom. The first-order valence-corrected chi connectivity index (χ1v) is 10.8. The van der Waals surface area contributed by atoms with Gasteiger partial charge < -0.3 is 4.90 Å². The number of carbonyl (C=O) groups is 1. The Hall–Kier alpha value is -3.26. The van der Waals surface area contributed by atoms with Crippen LogP contribution in [0, 0.1) is 19.7 Å². The predicted octanol–water partition coefficient (Wildman–Crippen LogP) is 4.44. The third-order valence-corrected chi connectivity index (χ3v) is 5.77. The molecule has 0 N–H and O–H groups in total. The average molecular weight is 436 g/mol. The minimum atomic E-state index is -0.291. The molecule has 0 saturated carbocycles. The van der Waals surface area contributed by atoms with Gasteiger partial charge in [-0.2, -0.15) is 4.98 Å². The van der Waals surface area contributed by atoms with E-state index >= 15 is 0 Å². The summed E-state index contributed by atoms with van der Waals surface area (Å²) in [5.41, 5.74) is 4.28. The molecule has 0 saturated heterocycles. The minimum Gasteiger partial charge on any atom is -0.337 e. The summed E-state index contributed by atoms with van der Waals surface area (Å²) < 4.78 is 14.9. The van der Waals surface area contributed by atoms with E-state index < -0.39 is 0 Å². The van der Waals surface area contributed by atoms with Gasteiger partial charge in [-0.15, -0.1) is 5.10 Å². The number of amides is 1. The summed E-state index contributed by atoms with van der Waals surface area (Å²) in [4.78, 5) is 23.6. The van der Waals surface area contributed by atoms with Gasteiger partial charge in [-0.3, -0.25) is 4.79 Å². The van der Waals surface area contributed by atoms with Crippen molar-refractivity contribution >= 4 is 23.4 Å². The summed E-state index contributed by atoms with van der Waals surface area (Å²) in [7, 11) is 1.75. The van der Waals surface area contributed by atoms with Crippen LogP contribution in [0.25, 0.3) is 5.78 Å². The van der Waals surface area contributed by atoms with Crippen LogP contribution in [0.1, 0.15) is 32.9 Å². The van der Waals surface area contributed by atoms with Crippen LogP contribution >= 0.6 is 11.8 Å². The van der Waals surface area contributed by atoms with Crippen LogP contribution in [-0.2, 0) is 12.3 Å². The number of nitrogens with zero attached hydrogens (tertiary/aromatic N) is 5. The van der Waals surface area contributed by atoms with Gasteiger partial charge in [0, 0.05) is 36.3 Å². The lowest BCUT2D eigenvalue weighted by Crippen LogP contribution is -2.27. The van der Waals surface area contributed by atoms with Crippen molar-refractivity contribution in [2.75, 3.05) is 7.05 Å². The van der Waals surface area contributed by atoms with Crippen LogP contribution in [0.3, 0.4) is 0 Å². The second-order valence-electron chi connectivity index (χ2n) is 7.38. The van der Waals surface area contributed by atoms with Crippen LogP contribution in [0.4, 0.5) is 4.39 Å². The molecule has 0 unspecified atom stereocenters. The van der Waals surface area contributed by atoms with Crippen molar-refractivity contribution < 1.29 is 9.18 Å². The maximum absolute atomic E-state index is 13.1. The number of carbonyl (C=O) groups excluding carboxylic acids is 1. The summed E-state index contributed by atoms with van der Waals surface area (Å²) >= 11 is 1.47.